The van der Waals surface area contributed by atoms with E-state index in [1.54, 1.807) is 0 Å². The van der Waals surface area contributed by atoms with Crippen molar-refractivity contribution in [2.45, 2.75) is 110 Å². The molecule has 0 unspecified atom stereocenters. The minimum atomic E-state index is 0. The Kier molecular flexibility index (Phi) is 25.5. The van der Waals surface area contributed by atoms with E-state index in [1.165, 1.54) is 103 Å². The standard InChI is InChI=1S/C18H37Cl.Cr/c1-2-3-4-5-6-7-8-9-10-11-12-13-14-15-16-17-18-19;/h2-18H2,1H3;. The molecule has 0 fully saturated rings. The van der Waals surface area contributed by atoms with Crippen molar-refractivity contribution in [2.75, 3.05) is 5.88 Å². The second-order valence-electron chi connectivity index (χ2n) is 5.99. The molecule has 0 bridgehead atoms. The molecule has 0 N–H and O–H groups in total. The van der Waals surface area contributed by atoms with Crippen LogP contribution in [0.1, 0.15) is 110 Å². The van der Waals surface area contributed by atoms with Gasteiger partial charge in [-0.3, -0.25) is 0 Å². The number of alkyl halides is 1. The Balaban J connectivity index is 0. The molecular formula is C18H37ClCr. The number of hydrogen-bond acceptors (Lipinski definition) is 0. The summed E-state index contributed by atoms with van der Waals surface area (Å²) in [5, 5.41) is 0. The van der Waals surface area contributed by atoms with Crippen LogP contribution in [0.3, 0.4) is 0 Å². The van der Waals surface area contributed by atoms with Gasteiger partial charge in [0.15, 0.2) is 0 Å². The average molecular weight is 341 g/mol. The summed E-state index contributed by atoms with van der Waals surface area (Å²) in [7, 11) is 0. The summed E-state index contributed by atoms with van der Waals surface area (Å²) in [6.45, 7) is 2.29. The summed E-state index contributed by atoms with van der Waals surface area (Å²) in [4.78, 5) is 0. The van der Waals surface area contributed by atoms with Gasteiger partial charge in [0.25, 0.3) is 0 Å². The molecule has 0 aliphatic heterocycles. The zero-order valence-corrected chi connectivity index (χ0v) is 15.8. The van der Waals surface area contributed by atoms with Crippen molar-refractivity contribution in [1.29, 1.82) is 0 Å². The number of halogens is 1. The van der Waals surface area contributed by atoms with Gasteiger partial charge in [-0.25, -0.2) is 0 Å². The maximum atomic E-state index is 5.66. The molecule has 0 aromatic carbocycles. The average Bonchev–Trinajstić information content (AvgIpc) is 2.43. The van der Waals surface area contributed by atoms with Crippen LogP contribution in [0, 0.1) is 0 Å². The van der Waals surface area contributed by atoms with Crippen molar-refractivity contribution in [1.82, 2.24) is 0 Å². The van der Waals surface area contributed by atoms with E-state index in [0.717, 1.165) is 5.88 Å². The van der Waals surface area contributed by atoms with E-state index in [2.05, 4.69) is 6.92 Å². The summed E-state index contributed by atoms with van der Waals surface area (Å²) in [5.41, 5.74) is 0. The third kappa shape index (κ3) is 21.1. The van der Waals surface area contributed by atoms with Crippen LogP contribution in [0.4, 0.5) is 0 Å². The smallest absolute Gasteiger partial charge is 0.0223 e. The van der Waals surface area contributed by atoms with Gasteiger partial charge >= 0.3 is 0 Å². The summed E-state index contributed by atoms with van der Waals surface area (Å²) in [6, 6.07) is 0. The Morgan fingerprint density at radius 3 is 0.950 bits per heavy atom. The number of hydrogen-bond donors (Lipinski definition) is 0. The summed E-state index contributed by atoms with van der Waals surface area (Å²) in [5.74, 6) is 0.846. The molecule has 0 nitrogen and oxygen atoms in total. The van der Waals surface area contributed by atoms with E-state index in [0.29, 0.717) is 0 Å². The molecule has 0 rings (SSSR count). The van der Waals surface area contributed by atoms with Gasteiger partial charge in [-0.1, -0.05) is 103 Å². The SMILES string of the molecule is CCCCCCCCCCCCCCCCCCCl.[Cr]. The Morgan fingerprint density at radius 1 is 0.450 bits per heavy atom. The molecule has 0 radical (unpaired) electrons. The molecule has 0 spiro atoms. The molecule has 0 atom stereocenters. The first-order valence-electron chi connectivity index (χ1n) is 8.97. The molecule has 0 aromatic rings. The molecular weight excluding hydrogens is 304 g/mol. The molecule has 2 heteroatoms. The normalized spacial score (nSPS) is 10.5. The second-order valence-corrected chi connectivity index (χ2v) is 6.37. The monoisotopic (exact) mass is 340 g/mol. The van der Waals surface area contributed by atoms with Crippen LogP contribution >= 0.6 is 11.6 Å². The van der Waals surface area contributed by atoms with E-state index in [-0.39, 0.29) is 17.4 Å². The molecule has 20 heavy (non-hydrogen) atoms. The van der Waals surface area contributed by atoms with Gasteiger partial charge in [0.05, 0.1) is 0 Å². The van der Waals surface area contributed by atoms with Crippen LogP contribution in [0.5, 0.6) is 0 Å². The van der Waals surface area contributed by atoms with Crippen molar-refractivity contribution in [3.63, 3.8) is 0 Å². The molecule has 0 aliphatic carbocycles. The van der Waals surface area contributed by atoms with Gasteiger partial charge in [-0.2, -0.15) is 0 Å². The van der Waals surface area contributed by atoms with E-state index >= 15 is 0 Å². The third-order valence-corrected chi connectivity index (χ3v) is 4.25. The molecule has 0 aliphatic rings. The van der Waals surface area contributed by atoms with Gasteiger partial charge in [0, 0.05) is 23.2 Å². The maximum absolute atomic E-state index is 5.66. The van der Waals surface area contributed by atoms with Crippen LogP contribution < -0.4 is 0 Å². The van der Waals surface area contributed by atoms with Crippen LogP contribution in [-0.2, 0) is 17.4 Å². The minimum Gasteiger partial charge on any atom is -0.127 e. The van der Waals surface area contributed by atoms with E-state index in [1.807, 2.05) is 0 Å². The Labute approximate surface area is 144 Å². The maximum Gasteiger partial charge on any atom is 0.0223 e. The predicted molar refractivity (Wildman–Crippen MR) is 90.3 cm³/mol. The molecule has 0 heterocycles. The van der Waals surface area contributed by atoms with Crippen LogP contribution in [-0.4, -0.2) is 5.88 Å². The second kappa shape index (κ2) is 22.1. The van der Waals surface area contributed by atoms with Crippen LogP contribution in [0.25, 0.3) is 0 Å². The molecule has 0 saturated heterocycles. The number of rotatable bonds is 16. The Morgan fingerprint density at radius 2 is 0.700 bits per heavy atom. The first-order chi connectivity index (χ1) is 9.41. The fourth-order valence-corrected chi connectivity index (χ4v) is 2.83. The van der Waals surface area contributed by atoms with Gasteiger partial charge in [-0.15, -0.1) is 11.6 Å². The quantitative estimate of drug-likeness (QED) is 0.202. The van der Waals surface area contributed by atoms with E-state index in [4.69, 9.17) is 11.6 Å². The van der Waals surface area contributed by atoms with Crippen LogP contribution in [0.15, 0.2) is 0 Å². The topological polar surface area (TPSA) is 0 Å². The van der Waals surface area contributed by atoms with Gasteiger partial charge in [-0.05, 0) is 6.42 Å². The van der Waals surface area contributed by atoms with E-state index < -0.39 is 0 Å². The van der Waals surface area contributed by atoms with Crippen molar-refractivity contribution in [2.24, 2.45) is 0 Å². The Bertz CT molecular complexity index is 134. The third-order valence-electron chi connectivity index (χ3n) is 3.99. The first-order valence-corrected chi connectivity index (χ1v) is 9.51. The van der Waals surface area contributed by atoms with Crippen molar-refractivity contribution in [3.8, 4) is 0 Å². The van der Waals surface area contributed by atoms with Gasteiger partial charge < -0.3 is 0 Å². The fraction of sp³-hybridized carbons (Fsp3) is 1.00. The molecule has 122 valence electrons. The van der Waals surface area contributed by atoms with Crippen molar-refractivity contribution in [3.05, 3.63) is 0 Å². The zero-order chi connectivity index (χ0) is 14.0. The van der Waals surface area contributed by atoms with E-state index in [9.17, 15) is 0 Å². The van der Waals surface area contributed by atoms with Gasteiger partial charge in [0.2, 0.25) is 0 Å². The minimum absolute atomic E-state index is 0. The molecule has 0 saturated carbocycles. The largest absolute Gasteiger partial charge is 0.127 e. The molecule has 0 aromatic heterocycles. The predicted octanol–water partition coefficient (Wildman–Crippen LogP) is 7.48. The Hall–Kier alpha value is 0.822. The van der Waals surface area contributed by atoms with Crippen molar-refractivity contribution < 1.29 is 17.4 Å². The zero-order valence-electron chi connectivity index (χ0n) is 13.8. The summed E-state index contributed by atoms with van der Waals surface area (Å²) in [6.07, 6.45) is 22.8. The van der Waals surface area contributed by atoms with Crippen molar-refractivity contribution >= 4 is 11.6 Å². The molecule has 0 amide bonds. The van der Waals surface area contributed by atoms with Gasteiger partial charge in [0.1, 0.15) is 0 Å². The fourth-order valence-electron chi connectivity index (χ4n) is 2.64. The summed E-state index contributed by atoms with van der Waals surface area (Å²) >= 11 is 5.66. The summed E-state index contributed by atoms with van der Waals surface area (Å²) < 4.78 is 0. The van der Waals surface area contributed by atoms with Crippen LogP contribution in [0.2, 0.25) is 0 Å². The first kappa shape index (κ1) is 23.1. The number of unbranched alkanes of at least 4 members (excludes halogenated alkanes) is 15.